The van der Waals surface area contributed by atoms with Gasteiger partial charge >= 0.3 is 0 Å². The largest absolute Gasteiger partial charge is 0.467 e. The van der Waals surface area contributed by atoms with Crippen molar-refractivity contribution >= 4 is 28.5 Å². The van der Waals surface area contributed by atoms with Gasteiger partial charge in [0.15, 0.2) is 5.96 Å². The number of nitrogens with zero attached hydrogens (tertiary/aromatic N) is 5. The Hall–Kier alpha value is -2.62. The Morgan fingerprint density at radius 2 is 2.11 bits per heavy atom. The van der Waals surface area contributed by atoms with Crippen LogP contribution in [-0.2, 0) is 17.8 Å². The van der Waals surface area contributed by atoms with Gasteiger partial charge in [0, 0.05) is 50.7 Å². The van der Waals surface area contributed by atoms with Gasteiger partial charge in [-0.1, -0.05) is 6.92 Å². The van der Waals surface area contributed by atoms with Crippen LogP contribution in [-0.4, -0.2) is 65.4 Å². The molecule has 0 atom stereocenters. The third-order valence-electron chi connectivity index (χ3n) is 4.37. The third-order valence-corrected chi connectivity index (χ3v) is 5.19. The monoisotopic (exact) mass is 405 g/mol. The smallest absolute Gasteiger partial charge is 0.242 e. The molecule has 0 bridgehead atoms. The van der Waals surface area contributed by atoms with Crippen LogP contribution in [0.1, 0.15) is 25.4 Å². The van der Waals surface area contributed by atoms with Crippen LogP contribution < -0.4 is 15.5 Å². The van der Waals surface area contributed by atoms with Crippen LogP contribution in [0.15, 0.2) is 27.8 Å². The van der Waals surface area contributed by atoms with Crippen molar-refractivity contribution in [1.29, 1.82) is 0 Å². The molecule has 0 spiro atoms. The molecule has 2 N–H and O–H groups in total. The SMILES string of the molecule is CCNC(=NCC(=O)NCc1ccco1)N1CCN(c2nc(CC)ns2)CC1. The zero-order chi connectivity index (χ0) is 19.8. The van der Waals surface area contributed by atoms with Crippen LogP contribution >= 0.6 is 11.5 Å². The molecule has 9 nitrogen and oxygen atoms in total. The molecule has 28 heavy (non-hydrogen) atoms. The quantitative estimate of drug-likeness (QED) is 0.526. The molecule has 1 aliphatic heterocycles. The van der Waals surface area contributed by atoms with Crippen molar-refractivity contribution in [1.82, 2.24) is 24.9 Å². The summed E-state index contributed by atoms with van der Waals surface area (Å²) >= 11 is 1.46. The Morgan fingerprint density at radius 1 is 1.29 bits per heavy atom. The molecule has 0 aliphatic carbocycles. The first-order valence-corrected chi connectivity index (χ1v) is 10.4. The highest BCUT2D eigenvalue weighted by molar-refractivity contribution is 7.09. The van der Waals surface area contributed by atoms with Crippen LogP contribution in [0.2, 0.25) is 0 Å². The highest BCUT2D eigenvalue weighted by Gasteiger charge is 2.22. The fourth-order valence-corrected chi connectivity index (χ4v) is 3.65. The fraction of sp³-hybridized carbons (Fsp3) is 0.556. The summed E-state index contributed by atoms with van der Waals surface area (Å²) in [5.41, 5.74) is 0. The topological polar surface area (TPSA) is 98.9 Å². The lowest BCUT2D eigenvalue weighted by Crippen LogP contribution is -2.52. The van der Waals surface area contributed by atoms with E-state index in [9.17, 15) is 4.79 Å². The summed E-state index contributed by atoms with van der Waals surface area (Å²) in [6.45, 7) is 8.65. The summed E-state index contributed by atoms with van der Waals surface area (Å²) in [6.07, 6.45) is 2.45. The molecule has 2 aromatic heterocycles. The van der Waals surface area contributed by atoms with Crippen LogP contribution in [0, 0.1) is 0 Å². The number of furan rings is 1. The molecule has 1 amide bonds. The van der Waals surface area contributed by atoms with Crippen molar-refractivity contribution in [2.24, 2.45) is 4.99 Å². The zero-order valence-corrected chi connectivity index (χ0v) is 17.2. The molecule has 10 heteroatoms. The van der Waals surface area contributed by atoms with E-state index in [1.807, 2.05) is 13.0 Å². The second-order valence-corrected chi connectivity index (χ2v) is 7.08. The number of aryl methyl sites for hydroxylation is 1. The molecule has 0 unspecified atom stereocenters. The van der Waals surface area contributed by atoms with Gasteiger partial charge in [-0.15, -0.1) is 0 Å². The van der Waals surface area contributed by atoms with Crippen molar-refractivity contribution < 1.29 is 9.21 Å². The third kappa shape index (κ3) is 5.44. The number of carbonyl (C=O) groups excluding carboxylic acids is 1. The van der Waals surface area contributed by atoms with E-state index in [0.29, 0.717) is 6.54 Å². The molecule has 3 rings (SSSR count). The number of carbonyl (C=O) groups is 1. The molecule has 1 aliphatic rings. The van der Waals surface area contributed by atoms with E-state index in [1.54, 1.807) is 12.3 Å². The number of rotatable bonds is 7. The van der Waals surface area contributed by atoms with E-state index >= 15 is 0 Å². The van der Waals surface area contributed by atoms with E-state index in [2.05, 4.69) is 41.7 Å². The lowest BCUT2D eigenvalue weighted by atomic mass is 10.3. The highest BCUT2D eigenvalue weighted by atomic mass is 32.1. The average molecular weight is 406 g/mol. The number of hydrogen-bond donors (Lipinski definition) is 2. The maximum Gasteiger partial charge on any atom is 0.242 e. The second-order valence-electron chi connectivity index (χ2n) is 6.35. The van der Waals surface area contributed by atoms with Crippen molar-refractivity contribution in [3.05, 3.63) is 30.0 Å². The van der Waals surface area contributed by atoms with Crippen LogP contribution in [0.5, 0.6) is 0 Å². The number of anilines is 1. The zero-order valence-electron chi connectivity index (χ0n) is 16.3. The van der Waals surface area contributed by atoms with Crippen LogP contribution in [0.4, 0.5) is 5.13 Å². The Balaban J connectivity index is 1.50. The first kappa shape index (κ1) is 20.1. The number of aromatic nitrogens is 2. The molecular formula is C18H27N7O2S. The molecule has 0 radical (unpaired) electrons. The van der Waals surface area contributed by atoms with E-state index in [1.165, 1.54) is 11.5 Å². The normalized spacial score (nSPS) is 15.0. The van der Waals surface area contributed by atoms with E-state index in [-0.39, 0.29) is 12.5 Å². The fourth-order valence-electron chi connectivity index (χ4n) is 2.85. The first-order valence-electron chi connectivity index (χ1n) is 9.59. The molecule has 3 heterocycles. The Bertz CT molecular complexity index is 767. The highest BCUT2D eigenvalue weighted by Crippen LogP contribution is 2.19. The number of hydrogen-bond acceptors (Lipinski definition) is 7. The van der Waals surface area contributed by atoms with Gasteiger partial charge in [-0.25, -0.2) is 9.98 Å². The molecule has 1 fully saturated rings. The summed E-state index contributed by atoms with van der Waals surface area (Å²) in [5.74, 6) is 2.26. The van der Waals surface area contributed by atoms with Gasteiger partial charge in [-0.2, -0.15) is 4.37 Å². The maximum absolute atomic E-state index is 12.1. The first-order chi connectivity index (χ1) is 13.7. The van der Waals surface area contributed by atoms with Crippen molar-refractivity contribution in [2.45, 2.75) is 26.8 Å². The summed E-state index contributed by atoms with van der Waals surface area (Å²) in [4.78, 5) is 25.6. The molecule has 0 saturated carbocycles. The lowest BCUT2D eigenvalue weighted by Gasteiger charge is -2.36. The standard InChI is InChI=1S/C18H27N7O2S/c1-3-15-22-18(28-23-15)25-9-7-24(8-10-25)17(19-4-2)21-13-16(26)20-12-14-6-5-11-27-14/h5-6,11H,3-4,7-10,12-13H2,1-2H3,(H,19,21)(H,20,26). The van der Waals surface area contributed by atoms with Gasteiger partial charge in [0.25, 0.3) is 0 Å². The van der Waals surface area contributed by atoms with Gasteiger partial charge in [0.2, 0.25) is 11.0 Å². The number of piperazine rings is 1. The van der Waals surface area contributed by atoms with Gasteiger partial charge in [0.05, 0.1) is 12.8 Å². The van der Waals surface area contributed by atoms with E-state index in [0.717, 1.165) is 61.8 Å². The van der Waals surface area contributed by atoms with Crippen LogP contribution in [0.25, 0.3) is 0 Å². The van der Waals surface area contributed by atoms with E-state index < -0.39 is 0 Å². The number of nitrogens with one attached hydrogen (secondary N) is 2. The minimum absolute atomic E-state index is 0.0829. The Kier molecular flexibility index (Phi) is 7.24. The predicted octanol–water partition coefficient (Wildman–Crippen LogP) is 1.10. The van der Waals surface area contributed by atoms with Gasteiger partial charge in [-0.05, 0) is 19.1 Å². The van der Waals surface area contributed by atoms with Gasteiger partial charge < -0.3 is 24.9 Å². The molecular weight excluding hydrogens is 378 g/mol. The van der Waals surface area contributed by atoms with Crippen molar-refractivity contribution in [2.75, 3.05) is 44.2 Å². The summed E-state index contributed by atoms with van der Waals surface area (Å²) in [7, 11) is 0. The maximum atomic E-state index is 12.1. The van der Waals surface area contributed by atoms with E-state index in [4.69, 9.17) is 4.42 Å². The van der Waals surface area contributed by atoms with Gasteiger partial charge in [-0.3, -0.25) is 4.79 Å². The summed E-state index contributed by atoms with van der Waals surface area (Å²) in [5, 5.41) is 7.07. The Morgan fingerprint density at radius 3 is 2.75 bits per heavy atom. The van der Waals surface area contributed by atoms with Crippen molar-refractivity contribution in [3.8, 4) is 0 Å². The molecule has 152 valence electrons. The van der Waals surface area contributed by atoms with Crippen molar-refractivity contribution in [3.63, 3.8) is 0 Å². The number of aliphatic imine (C=N–C) groups is 1. The molecule has 1 saturated heterocycles. The van der Waals surface area contributed by atoms with Gasteiger partial charge in [0.1, 0.15) is 18.1 Å². The lowest BCUT2D eigenvalue weighted by molar-refractivity contribution is -0.119. The minimum atomic E-state index is -0.133. The summed E-state index contributed by atoms with van der Waals surface area (Å²) in [6, 6.07) is 3.63. The number of guanidine groups is 1. The van der Waals surface area contributed by atoms with Crippen LogP contribution in [0.3, 0.4) is 0 Å². The minimum Gasteiger partial charge on any atom is -0.467 e. The number of amides is 1. The average Bonchev–Trinajstić information content (AvgIpc) is 3.41. The summed E-state index contributed by atoms with van der Waals surface area (Å²) < 4.78 is 9.58. The second kappa shape index (κ2) is 10.1. The Labute approximate surface area is 169 Å². The molecule has 0 aromatic carbocycles. The molecule has 2 aromatic rings. The predicted molar refractivity (Wildman–Crippen MR) is 110 cm³/mol.